The Morgan fingerprint density at radius 1 is 1.30 bits per heavy atom. The molecule has 0 spiro atoms. The van der Waals surface area contributed by atoms with Gasteiger partial charge in [0.15, 0.2) is 0 Å². The summed E-state index contributed by atoms with van der Waals surface area (Å²) < 4.78 is 7.25. The zero-order valence-electron chi connectivity index (χ0n) is 13.5. The van der Waals surface area contributed by atoms with Gasteiger partial charge < -0.3 is 9.64 Å². The van der Waals surface area contributed by atoms with Crippen molar-refractivity contribution >= 4 is 5.69 Å². The number of nitrogens with zero attached hydrogens (tertiary/aromatic N) is 3. The molecule has 122 valence electrons. The van der Waals surface area contributed by atoms with Crippen LogP contribution in [0.25, 0.3) is 0 Å². The molecular formula is C18H23N3O2. The van der Waals surface area contributed by atoms with Crippen molar-refractivity contribution < 1.29 is 4.74 Å². The van der Waals surface area contributed by atoms with Crippen molar-refractivity contribution in [3.63, 3.8) is 0 Å². The van der Waals surface area contributed by atoms with E-state index in [1.807, 2.05) is 37.4 Å². The fraction of sp³-hybridized carbons (Fsp3) is 0.444. The van der Waals surface area contributed by atoms with E-state index in [2.05, 4.69) is 10.00 Å². The Bertz CT molecular complexity index is 678. The molecule has 1 unspecified atom stereocenters. The molecule has 2 heterocycles. The molecule has 23 heavy (non-hydrogen) atoms. The number of aromatic nitrogens is 2. The van der Waals surface area contributed by atoms with Gasteiger partial charge in [-0.15, -0.1) is 0 Å². The molecule has 0 aliphatic carbocycles. The van der Waals surface area contributed by atoms with Crippen LogP contribution in [0.2, 0.25) is 0 Å². The molecule has 1 aromatic carbocycles. The minimum atomic E-state index is -0.0808. The van der Waals surface area contributed by atoms with E-state index in [1.54, 1.807) is 12.3 Å². The summed E-state index contributed by atoms with van der Waals surface area (Å²) in [5.74, 6) is 0. The second-order valence-corrected chi connectivity index (χ2v) is 6.06. The van der Waals surface area contributed by atoms with Gasteiger partial charge in [-0.25, -0.2) is 4.68 Å². The smallest absolute Gasteiger partial charge is 0.269 e. The lowest BCUT2D eigenvalue weighted by Gasteiger charge is -2.28. The molecule has 0 radical (unpaired) electrons. The van der Waals surface area contributed by atoms with Crippen LogP contribution in [-0.2, 0) is 11.3 Å². The normalized spacial score (nSPS) is 17.9. The van der Waals surface area contributed by atoms with Crippen LogP contribution >= 0.6 is 0 Å². The third-order valence-corrected chi connectivity index (χ3v) is 4.22. The van der Waals surface area contributed by atoms with Crippen molar-refractivity contribution in [2.45, 2.75) is 31.9 Å². The molecule has 1 aromatic heterocycles. The van der Waals surface area contributed by atoms with E-state index >= 15 is 0 Å². The highest BCUT2D eigenvalue weighted by molar-refractivity contribution is 5.42. The second-order valence-electron chi connectivity index (χ2n) is 6.06. The van der Waals surface area contributed by atoms with Crippen molar-refractivity contribution in [3.05, 3.63) is 58.5 Å². The average molecular weight is 313 g/mol. The van der Waals surface area contributed by atoms with Gasteiger partial charge in [-0.3, -0.25) is 4.79 Å². The quantitative estimate of drug-likeness (QED) is 0.850. The summed E-state index contributed by atoms with van der Waals surface area (Å²) in [5, 5.41) is 4.31. The first-order valence-corrected chi connectivity index (χ1v) is 8.16. The predicted molar refractivity (Wildman–Crippen MR) is 90.9 cm³/mol. The third kappa shape index (κ3) is 4.20. The lowest BCUT2D eigenvalue weighted by Crippen LogP contribution is -2.34. The van der Waals surface area contributed by atoms with Crippen molar-refractivity contribution in [1.82, 2.24) is 9.78 Å². The third-order valence-electron chi connectivity index (χ3n) is 4.22. The maximum Gasteiger partial charge on any atom is 0.269 e. The van der Waals surface area contributed by atoms with Crippen molar-refractivity contribution in [2.75, 3.05) is 25.1 Å². The van der Waals surface area contributed by atoms with Gasteiger partial charge in [0, 0.05) is 26.3 Å². The van der Waals surface area contributed by atoms with Gasteiger partial charge >= 0.3 is 0 Å². The standard InChI is InChI=1S/C18H23N3O2/c1-20(14-17-9-5-6-10-23-17)16-11-18(22)21(19-12-16)13-15-7-3-2-4-8-15/h2-4,7-8,11-12,17H,5-6,9-10,13-14H2,1H3. The fourth-order valence-corrected chi connectivity index (χ4v) is 2.87. The number of anilines is 1. The highest BCUT2D eigenvalue weighted by Gasteiger charge is 2.16. The van der Waals surface area contributed by atoms with Gasteiger partial charge in [0.25, 0.3) is 5.56 Å². The van der Waals surface area contributed by atoms with Crippen LogP contribution in [0.15, 0.2) is 47.4 Å². The van der Waals surface area contributed by atoms with Crippen LogP contribution in [0, 0.1) is 0 Å². The van der Waals surface area contributed by atoms with Gasteiger partial charge in [-0.1, -0.05) is 30.3 Å². The molecule has 5 heteroatoms. The Kier molecular flexibility index (Phi) is 5.08. The number of likely N-dealkylation sites (N-methyl/N-ethyl adjacent to an activating group) is 1. The summed E-state index contributed by atoms with van der Waals surface area (Å²) in [5.41, 5.74) is 1.83. The minimum Gasteiger partial charge on any atom is -0.376 e. The minimum absolute atomic E-state index is 0.0808. The number of hydrogen-bond donors (Lipinski definition) is 0. The van der Waals surface area contributed by atoms with Crippen LogP contribution in [0.3, 0.4) is 0 Å². The van der Waals surface area contributed by atoms with Gasteiger partial charge in [-0.2, -0.15) is 5.10 Å². The van der Waals surface area contributed by atoms with Crippen LogP contribution < -0.4 is 10.5 Å². The van der Waals surface area contributed by atoms with E-state index in [-0.39, 0.29) is 11.7 Å². The fourth-order valence-electron chi connectivity index (χ4n) is 2.87. The predicted octanol–water partition coefficient (Wildman–Crippen LogP) is 2.30. The summed E-state index contributed by atoms with van der Waals surface area (Å²) in [6.45, 7) is 2.13. The Hall–Kier alpha value is -2.14. The Balaban J connectivity index is 1.67. The summed E-state index contributed by atoms with van der Waals surface area (Å²) in [7, 11) is 1.98. The van der Waals surface area contributed by atoms with Crippen LogP contribution in [-0.4, -0.2) is 36.1 Å². The zero-order chi connectivity index (χ0) is 16.1. The van der Waals surface area contributed by atoms with E-state index in [0.29, 0.717) is 6.54 Å². The van der Waals surface area contributed by atoms with Gasteiger partial charge in [-0.05, 0) is 24.8 Å². The van der Waals surface area contributed by atoms with Crippen LogP contribution in [0.1, 0.15) is 24.8 Å². The van der Waals surface area contributed by atoms with Gasteiger partial charge in [0.1, 0.15) is 0 Å². The molecule has 1 fully saturated rings. The molecule has 0 bridgehead atoms. The number of benzene rings is 1. The van der Waals surface area contributed by atoms with E-state index < -0.39 is 0 Å². The van der Waals surface area contributed by atoms with Gasteiger partial charge in [0.05, 0.1) is 24.5 Å². The van der Waals surface area contributed by atoms with Crippen LogP contribution in [0.5, 0.6) is 0 Å². The van der Waals surface area contributed by atoms with Gasteiger partial charge in [0.2, 0.25) is 0 Å². The Morgan fingerprint density at radius 3 is 2.83 bits per heavy atom. The molecule has 0 amide bonds. The SMILES string of the molecule is CN(CC1CCCCO1)c1cnn(Cc2ccccc2)c(=O)c1. The molecule has 0 saturated carbocycles. The highest BCUT2D eigenvalue weighted by Crippen LogP contribution is 2.16. The van der Waals surface area contributed by atoms with E-state index in [4.69, 9.17) is 4.74 Å². The Labute approximate surface area is 136 Å². The monoisotopic (exact) mass is 313 g/mol. The maximum atomic E-state index is 12.3. The molecule has 2 aromatic rings. The lowest BCUT2D eigenvalue weighted by atomic mass is 10.1. The van der Waals surface area contributed by atoms with E-state index in [9.17, 15) is 4.79 Å². The maximum absolute atomic E-state index is 12.3. The molecule has 1 atom stereocenters. The summed E-state index contributed by atoms with van der Waals surface area (Å²) >= 11 is 0. The largest absolute Gasteiger partial charge is 0.376 e. The van der Waals surface area contributed by atoms with Crippen molar-refractivity contribution in [1.29, 1.82) is 0 Å². The first-order valence-electron chi connectivity index (χ1n) is 8.16. The molecule has 3 rings (SSSR count). The highest BCUT2D eigenvalue weighted by atomic mass is 16.5. The molecule has 1 saturated heterocycles. The first kappa shape index (κ1) is 15.7. The lowest BCUT2D eigenvalue weighted by molar-refractivity contribution is 0.0216. The van der Waals surface area contributed by atoms with Crippen LogP contribution in [0.4, 0.5) is 5.69 Å². The molecule has 1 aliphatic rings. The molecule has 1 aliphatic heterocycles. The van der Waals surface area contributed by atoms with Crippen molar-refractivity contribution in [2.24, 2.45) is 0 Å². The summed E-state index contributed by atoms with van der Waals surface area (Å²) in [6.07, 6.45) is 5.46. The first-order chi connectivity index (χ1) is 11.2. The van der Waals surface area contributed by atoms with E-state index in [0.717, 1.165) is 37.2 Å². The van der Waals surface area contributed by atoms with E-state index in [1.165, 1.54) is 11.1 Å². The average Bonchev–Trinajstić information content (AvgIpc) is 2.58. The molecule has 0 N–H and O–H groups in total. The second kappa shape index (κ2) is 7.42. The zero-order valence-corrected chi connectivity index (χ0v) is 13.5. The molecule has 5 nitrogen and oxygen atoms in total. The number of ether oxygens (including phenoxy) is 1. The number of hydrogen-bond acceptors (Lipinski definition) is 4. The summed E-state index contributed by atoms with van der Waals surface area (Å²) in [4.78, 5) is 14.3. The summed E-state index contributed by atoms with van der Waals surface area (Å²) in [6, 6.07) is 11.5. The van der Waals surface area contributed by atoms with Crippen molar-refractivity contribution in [3.8, 4) is 0 Å². The topological polar surface area (TPSA) is 47.4 Å². The number of rotatable bonds is 5. The molecular weight excluding hydrogens is 290 g/mol. The Morgan fingerprint density at radius 2 is 2.13 bits per heavy atom.